The third kappa shape index (κ3) is 2.49. The Morgan fingerprint density at radius 2 is 1.93 bits per heavy atom. The van der Waals surface area contributed by atoms with Gasteiger partial charge >= 0.3 is 0 Å². The van der Waals surface area contributed by atoms with Crippen molar-refractivity contribution in [1.29, 1.82) is 0 Å². The summed E-state index contributed by atoms with van der Waals surface area (Å²) in [5, 5.41) is 0. The molecule has 0 amide bonds. The van der Waals surface area contributed by atoms with Gasteiger partial charge < -0.3 is 0 Å². The van der Waals surface area contributed by atoms with E-state index in [-0.39, 0.29) is 11.7 Å². The van der Waals surface area contributed by atoms with Crippen molar-refractivity contribution < 1.29 is 8.42 Å². The molecular formula is C10H11ClO2S. The second-order valence-electron chi connectivity index (χ2n) is 3.72. The van der Waals surface area contributed by atoms with Gasteiger partial charge in [0.2, 0.25) is 9.05 Å². The lowest BCUT2D eigenvalue weighted by molar-refractivity contribution is 0.605. The summed E-state index contributed by atoms with van der Waals surface area (Å²) in [5.41, 5.74) is 1.22. The molecule has 1 saturated carbocycles. The molecular weight excluding hydrogens is 220 g/mol. The van der Waals surface area contributed by atoms with Crippen LogP contribution in [0.1, 0.15) is 17.9 Å². The largest absolute Gasteiger partial charge is 0.232 e. The van der Waals surface area contributed by atoms with Crippen LogP contribution in [0.4, 0.5) is 0 Å². The standard InChI is InChI=1S/C10H11ClO2S/c11-14(12,13)7-9-6-10(9)8-4-2-1-3-5-8/h1-5,9-10H,6-7H2. The van der Waals surface area contributed by atoms with Crippen molar-refractivity contribution in [2.24, 2.45) is 5.92 Å². The fourth-order valence-electron chi connectivity index (χ4n) is 1.80. The van der Waals surface area contributed by atoms with Crippen molar-refractivity contribution in [3.05, 3.63) is 35.9 Å². The van der Waals surface area contributed by atoms with Crippen molar-refractivity contribution >= 4 is 19.7 Å². The molecule has 4 heteroatoms. The third-order valence-corrected chi connectivity index (χ3v) is 3.77. The van der Waals surface area contributed by atoms with Gasteiger partial charge in [0.05, 0.1) is 5.75 Å². The van der Waals surface area contributed by atoms with Crippen LogP contribution in [-0.2, 0) is 9.05 Å². The van der Waals surface area contributed by atoms with Crippen LogP contribution in [-0.4, -0.2) is 14.2 Å². The molecule has 2 nitrogen and oxygen atoms in total. The molecule has 14 heavy (non-hydrogen) atoms. The van der Waals surface area contributed by atoms with Crippen molar-refractivity contribution in [2.45, 2.75) is 12.3 Å². The first-order valence-electron chi connectivity index (χ1n) is 4.53. The molecule has 0 N–H and O–H groups in total. The van der Waals surface area contributed by atoms with E-state index in [9.17, 15) is 8.42 Å². The van der Waals surface area contributed by atoms with Gasteiger partial charge in [-0.05, 0) is 23.8 Å². The van der Waals surface area contributed by atoms with Crippen LogP contribution in [0.2, 0.25) is 0 Å². The van der Waals surface area contributed by atoms with E-state index in [2.05, 4.69) is 0 Å². The second kappa shape index (κ2) is 3.55. The topological polar surface area (TPSA) is 34.1 Å². The van der Waals surface area contributed by atoms with Crippen LogP contribution in [0.3, 0.4) is 0 Å². The molecule has 1 aromatic carbocycles. The van der Waals surface area contributed by atoms with Gasteiger partial charge in [0, 0.05) is 10.7 Å². The average molecular weight is 231 g/mol. The first kappa shape index (κ1) is 9.99. The quantitative estimate of drug-likeness (QED) is 0.747. The van der Waals surface area contributed by atoms with E-state index < -0.39 is 9.05 Å². The molecule has 1 aliphatic rings. The molecule has 0 saturated heterocycles. The molecule has 1 aromatic rings. The zero-order chi connectivity index (χ0) is 10.2. The number of halogens is 1. The van der Waals surface area contributed by atoms with Gasteiger partial charge in [0.15, 0.2) is 0 Å². The molecule has 1 fully saturated rings. The van der Waals surface area contributed by atoms with Crippen molar-refractivity contribution in [3.8, 4) is 0 Å². The van der Waals surface area contributed by atoms with Crippen molar-refractivity contribution in [3.63, 3.8) is 0 Å². The van der Waals surface area contributed by atoms with Gasteiger partial charge in [0.25, 0.3) is 0 Å². The highest BCUT2D eigenvalue weighted by molar-refractivity contribution is 8.13. The first-order chi connectivity index (χ1) is 6.56. The van der Waals surface area contributed by atoms with Gasteiger partial charge in [-0.25, -0.2) is 8.42 Å². The van der Waals surface area contributed by atoms with Crippen molar-refractivity contribution in [1.82, 2.24) is 0 Å². The predicted octanol–water partition coefficient (Wildman–Crippen LogP) is 2.36. The highest BCUT2D eigenvalue weighted by Crippen LogP contribution is 2.48. The summed E-state index contributed by atoms with van der Waals surface area (Å²) in [4.78, 5) is 0. The van der Waals surface area contributed by atoms with E-state index >= 15 is 0 Å². The van der Waals surface area contributed by atoms with Crippen LogP contribution >= 0.6 is 10.7 Å². The van der Waals surface area contributed by atoms with E-state index in [0.717, 1.165) is 6.42 Å². The fourth-order valence-corrected chi connectivity index (χ4v) is 3.16. The van der Waals surface area contributed by atoms with E-state index in [1.807, 2.05) is 30.3 Å². The van der Waals surface area contributed by atoms with Crippen LogP contribution in [0.25, 0.3) is 0 Å². The van der Waals surface area contributed by atoms with Gasteiger partial charge in [-0.1, -0.05) is 30.3 Å². The SMILES string of the molecule is O=S(=O)(Cl)CC1CC1c1ccccc1. The van der Waals surface area contributed by atoms with Gasteiger partial charge in [-0.15, -0.1) is 0 Å². The molecule has 2 rings (SSSR count). The lowest BCUT2D eigenvalue weighted by Gasteiger charge is -1.97. The lowest BCUT2D eigenvalue weighted by Crippen LogP contribution is -2.00. The molecule has 2 atom stereocenters. The summed E-state index contributed by atoms with van der Waals surface area (Å²) < 4.78 is 21.6. The summed E-state index contributed by atoms with van der Waals surface area (Å²) >= 11 is 0. The maximum absolute atomic E-state index is 10.8. The zero-order valence-electron chi connectivity index (χ0n) is 7.56. The highest BCUT2D eigenvalue weighted by Gasteiger charge is 2.40. The molecule has 2 unspecified atom stereocenters. The summed E-state index contributed by atoms with van der Waals surface area (Å²) in [6.45, 7) is 0. The van der Waals surface area contributed by atoms with E-state index in [0.29, 0.717) is 5.92 Å². The maximum Gasteiger partial charge on any atom is 0.232 e. The maximum atomic E-state index is 10.8. The zero-order valence-corrected chi connectivity index (χ0v) is 9.13. The Kier molecular flexibility index (Phi) is 2.54. The van der Waals surface area contributed by atoms with E-state index in [4.69, 9.17) is 10.7 Å². The Hall–Kier alpha value is -0.540. The molecule has 0 bridgehead atoms. The minimum absolute atomic E-state index is 0.105. The van der Waals surface area contributed by atoms with Crippen LogP contribution in [0.15, 0.2) is 30.3 Å². The Morgan fingerprint density at radius 3 is 2.50 bits per heavy atom. The number of rotatable bonds is 3. The Labute approximate surface area is 88.3 Å². The van der Waals surface area contributed by atoms with Crippen LogP contribution in [0.5, 0.6) is 0 Å². The highest BCUT2D eigenvalue weighted by atomic mass is 35.7. The first-order valence-corrected chi connectivity index (χ1v) is 7.01. The smallest absolute Gasteiger partial charge is 0.212 e. The van der Waals surface area contributed by atoms with Gasteiger partial charge in [-0.2, -0.15) is 0 Å². The molecule has 0 aromatic heterocycles. The molecule has 76 valence electrons. The normalized spacial score (nSPS) is 26.1. The Morgan fingerprint density at radius 1 is 1.29 bits per heavy atom. The van der Waals surface area contributed by atoms with Crippen molar-refractivity contribution in [2.75, 3.05) is 5.75 Å². The summed E-state index contributed by atoms with van der Waals surface area (Å²) in [5.74, 6) is 0.721. The lowest BCUT2D eigenvalue weighted by atomic mass is 10.1. The fraction of sp³-hybridized carbons (Fsp3) is 0.400. The summed E-state index contributed by atoms with van der Waals surface area (Å²) in [7, 11) is 1.86. The molecule has 1 aliphatic carbocycles. The minimum Gasteiger partial charge on any atom is -0.212 e. The molecule has 0 heterocycles. The van der Waals surface area contributed by atoms with Gasteiger partial charge in [0.1, 0.15) is 0 Å². The summed E-state index contributed by atoms with van der Waals surface area (Å²) in [6, 6.07) is 9.97. The number of hydrogen-bond donors (Lipinski definition) is 0. The van der Waals surface area contributed by atoms with Crippen LogP contribution < -0.4 is 0 Å². The van der Waals surface area contributed by atoms with Gasteiger partial charge in [-0.3, -0.25) is 0 Å². The number of benzene rings is 1. The third-order valence-electron chi connectivity index (χ3n) is 2.56. The van der Waals surface area contributed by atoms with E-state index in [1.165, 1.54) is 5.56 Å². The second-order valence-corrected chi connectivity index (χ2v) is 6.54. The molecule has 0 radical (unpaired) electrons. The summed E-state index contributed by atoms with van der Waals surface area (Å²) in [6.07, 6.45) is 0.940. The minimum atomic E-state index is -3.33. The van der Waals surface area contributed by atoms with E-state index in [1.54, 1.807) is 0 Å². The number of hydrogen-bond acceptors (Lipinski definition) is 2. The Bertz CT molecular complexity index is 413. The average Bonchev–Trinajstić information content (AvgIpc) is 2.82. The molecule has 0 spiro atoms. The van der Waals surface area contributed by atoms with Crippen LogP contribution in [0, 0.1) is 5.92 Å². The monoisotopic (exact) mass is 230 g/mol. The predicted molar refractivity (Wildman–Crippen MR) is 56.9 cm³/mol. The Balaban J connectivity index is 2.01. The molecule has 0 aliphatic heterocycles.